The van der Waals surface area contributed by atoms with E-state index in [0.717, 1.165) is 5.56 Å². The molecule has 1 saturated heterocycles. The van der Waals surface area contributed by atoms with Crippen molar-refractivity contribution in [3.63, 3.8) is 0 Å². The molecule has 1 aromatic rings. The van der Waals surface area contributed by atoms with Crippen molar-refractivity contribution < 1.29 is 27.4 Å². The number of nitrogens with zero attached hydrogens (tertiary/aromatic N) is 1. The van der Waals surface area contributed by atoms with Crippen LogP contribution in [0.25, 0.3) is 0 Å². The number of nitrogens with one attached hydrogen (secondary N) is 2. The Balaban J connectivity index is 0.00000280. The third-order valence-electron chi connectivity index (χ3n) is 4.98. The predicted octanol–water partition coefficient (Wildman–Crippen LogP) is 1.62. The van der Waals surface area contributed by atoms with Crippen molar-refractivity contribution in [2.45, 2.75) is 18.6 Å². The molecule has 0 spiro atoms. The molecule has 158 valence electrons. The highest BCUT2D eigenvalue weighted by Crippen LogP contribution is 2.31. The van der Waals surface area contributed by atoms with Crippen LogP contribution in [-0.2, 0) is 11.2 Å². The molecule has 0 radical (unpaired) electrons. The molecular weight excluding hydrogens is 399 g/mol. The summed E-state index contributed by atoms with van der Waals surface area (Å²) in [6.45, 7) is 1.32. The number of amides is 1. The first-order valence-electron chi connectivity index (χ1n) is 8.97. The van der Waals surface area contributed by atoms with E-state index < -0.39 is 30.6 Å². The van der Waals surface area contributed by atoms with Gasteiger partial charge in [0.1, 0.15) is 24.1 Å². The lowest BCUT2D eigenvalue weighted by Gasteiger charge is -2.36. The molecule has 6 nitrogen and oxygen atoms in total. The fourth-order valence-corrected chi connectivity index (χ4v) is 3.45. The minimum atomic E-state index is -4.40. The molecule has 2 heterocycles. The molecule has 10 heteroatoms. The summed E-state index contributed by atoms with van der Waals surface area (Å²) in [5.74, 6) is 0.373. The second kappa shape index (κ2) is 9.67. The normalized spacial score (nSPS) is 20.9. The summed E-state index contributed by atoms with van der Waals surface area (Å²) in [6.07, 6.45) is -3.99. The van der Waals surface area contributed by atoms with Gasteiger partial charge in [0.25, 0.3) is 0 Å². The first kappa shape index (κ1) is 22.6. The molecule has 2 unspecified atom stereocenters. The standard InChI is InChI=1S/C18H24F3N3O3.ClH/c1-26-14-2-3-15-12(9-14)8-13(11-27-15)17(25)23-10-16(18(19,20)21)24-6-4-22-5-7-24;/h2-3,9,13,16,22H,4-8,10-11H2,1H3,(H,23,25);1H. The Bertz CT molecular complexity index is 669. The zero-order chi connectivity index (χ0) is 19.4. The van der Waals surface area contributed by atoms with Crippen molar-refractivity contribution in [3.8, 4) is 11.5 Å². The number of ether oxygens (including phenoxy) is 2. The molecule has 2 atom stereocenters. The van der Waals surface area contributed by atoms with Crippen molar-refractivity contribution in [1.29, 1.82) is 0 Å². The maximum atomic E-state index is 13.4. The number of benzene rings is 1. The maximum absolute atomic E-state index is 13.4. The topological polar surface area (TPSA) is 62.8 Å². The number of carbonyl (C=O) groups excluding carboxylic acids is 1. The van der Waals surface area contributed by atoms with Crippen molar-refractivity contribution in [3.05, 3.63) is 23.8 Å². The van der Waals surface area contributed by atoms with Crippen LogP contribution in [0.15, 0.2) is 18.2 Å². The third kappa shape index (κ3) is 5.42. The first-order valence-corrected chi connectivity index (χ1v) is 8.97. The van der Waals surface area contributed by atoms with E-state index in [0.29, 0.717) is 44.1 Å². The second-order valence-electron chi connectivity index (χ2n) is 6.77. The van der Waals surface area contributed by atoms with Crippen LogP contribution in [0.5, 0.6) is 11.5 Å². The van der Waals surface area contributed by atoms with Gasteiger partial charge in [-0.1, -0.05) is 0 Å². The molecule has 0 aliphatic carbocycles. The number of piperazine rings is 1. The number of hydrogen-bond donors (Lipinski definition) is 2. The Hall–Kier alpha value is -1.71. The Morgan fingerprint density at radius 1 is 1.39 bits per heavy atom. The SMILES string of the molecule is COc1ccc2c(c1)CC(C(=O)NCC(N1CCNCC1)C(F)(F)F)CO2.Cl. The van der Waals surface area contributed by atoms with Gasteiger partial charge in [-0.3, -0.25) is 9.69 Å². The average molecular weight is 424 g/mol. The van der Waals surface area contributed by atoms with Gasteiger partial charge in [0.2, 0.25) is 5.91 Å². The molecule has 2 N–H and O–H groups in total. The van der Waals surface area contributed by atoms with Crippen molar-refractivity contribution >= 4 is 18.3 Å². The number of methoxy groups -OCH3 is 1. The van der Waals surface area contributed by atoms with Crippen LogP contribution in [0.1, 0.15) is 5.56 Å². The Morgan fingerprint density at radius 3 is 2.75 bits per heavy atom. The smallest absolute Gasteiger partial charge is 0.405 e. The lowest BCUT2D eigenvalue weighted by molar-refractivity contribution is -0.184. The van der Waals surface area contributed by atoms with E-state index >= 15 is 0 Å². The largest absolute Gasteiger partial charge is 0.497 e. The summed E-state index contributed by atoms with van der Waals surface area (Å²) in [5, 5.41) is 5.52. The van der Waals surface area contributed by atoms with Crippen molar-refractivity contribution in [1.82, 2.24) is 15.5 Å². The molecular formula is C18H25ClF3N3O3. The lowest BCUT2D eigenvalue weighted by atomic mass is 9.95. The summed E-state index contributed by atoms with van der Waals surface area (Å²) in [5.41, 5.74) is 0.815. The van der Waals surface area contributed by atoms with Gasteiger partial charge in [-0.05, 0) is 30.2 Å². The molecule has 3 rings (SSSR count). The maximum Gasteiger partial charge on any atom is 0.405 e. The van der Waals surface area contributed by atoms with Crippen LogP contribution < -0.4 is 20.1 Å². The van der Waals surface area contributed by atoms with Gasteiger partial charge in [0.05, 0.1) is 13.0 Å². The van der Waals surface area contributed by atoms with Crippen LogP contribution in [0, 0.1) is 5.92 Å². The van der Waals surface area contributed by atoms with Crippen LogP contribution >= 0.6 is 12.4 Å². The molecule has 1 fully saturated rings. The average Bonchev–Trinajstić information content (AvgIpc) is 2.66. The van der Waals surface area contributed by atoms with Crippen LogP contribution in [0.4, 0.5) is 13.2 Å². The monoisotopic (exact) mass is 423 g/mol. The molecule has 1 aromatic carbocycles. The van der Waals surface area contributed by atoms with E-state index in [2.05, 4.69) is 10.6 Å². The van der Waals surface area contributed by atoms with Crippen LogP contribution in [-0.4, -0.2) is 69.5 Å². The van der Waals surface area contributed by atoms with E-state index in [1.165, 1.54) is 4.90 Å². The summed E-state index contributed by atoms with van der Waals surface area (Å²) in [4.78, 5) is 13.8. The fourth-order valence-electron chi connectivity index (χ4n) is 3.45. The van der Waals surface area contributed by atoms with Crippen molar-refractivity contribution in [2.24, 2.45) is 5.92 Å². The number of fused-ring (bicyclic) bond motifs is 1. The second-order valence-corrected chi connectivity index (χ2v) is 6.77. The van der Waals surface area contributed by atoms with E-state index in [-0.39, 0.29) is 19.0 Å². The van der Waals surface area contributed by atoms with E-state index in [1.807, 2.05) is 0 Å². The van der Waals surface area contributed by atoms with Gasteiger partial charge < -0.3 is 20.1 Å². The van der Waals surface area contributed by atoms with E-state index in [4.69, 9.17) is 9.47 Å². The van der Waals surface area contributed by atoms with E-state index in [1.54, 1.807) is 25.3 Å². The van der Waals surface area contributed by atoms with Gasteiger partial charge in [-0.2, -0.15) is 13.2 Å². The molecule has 1 amide bonds. The lowest BCUT2D eigenvalue weighted by Crippen LogP contribution is -2.58. The summed E-state index contributed by atoms with van der Waals surface area (Å²) >= 11 is 0. The highest BCUT2D eigenvalue weighted by molar-refractivity contribution is 5.85. The predicted molar refractivity (Wildman–Crippen MR) is 100 cm³/mol. The Morgan fingerprint density at radius 2 is 2.11 bits per heavy atom. The van der Waals surface area contributed by atoms with Crippen LogP contribution in [0.3, 0.4) is 0 Å². The number of alkyl halides is 3. The third-order valence-corrected chi connectivity index (χ3v) is 4.98. The molecule has 2 aliphatic heterocycles. The minimum Gasteiger partial charge on any atom is -0.497 e. The summed E-state index contributed by atoms with van der Waals surface area (Å²) < 4.78 is 51.0. The number of halogens is 4. The van der Waals surface area contributed by atoms with Gasteiger partial charge in [0.15, 0.2) is 0 Å². The Labute approximate surface area is 168 Å². The molecule has 2 aliphatic rings. The van der Waals surface area contributed by atoms with Gasteiger partial charge >= 0.3 is 6.18 Å². The fraction of sp³-hybridized carbons (Fsp3) is 0.611. The Kier molecular flexibility index (Phi) is 7.79. The molecule has 0 bridgehead atoms. The first-order chi connectivity index (χ1) is 12.9. The van der Waals surface area contributed by atoms with Crippen molar-refractivity contribution in [2.75, 3.05) is 46.4 Å². The molecule has 0 saturated carbocycles. The van der Waals surface area contributed by atoms with E-state index in [9.17, 15) is 18.0 Å². The zero-order valence-electron chi connectivity index (χ0n) is 15.6. The highest BCUT2D eigenvalue weighted by Gasteiger charge is 2.44. The summed E-state index contributed by atoms with van der Waals surface area (Å²) in [6, 6.07) is 3.64. The molecule has 28 heavy (non-hydrogen) atoms. The molecule has 0 aromatic heterocycles. The van der Waals surface area contributed by atoms with Gasteiger partial charge in [-0.15, -0.1) is 12.4 Å². The number of carbonyl (C=O) groups is 1. The minimum absolute atomic E-state index is 0. The number of rotatable bonds is 5. The quantitative estimate of drug-likeness (QED) is 0.753. The van der Waals surface area contributed by atoms with Gasteiger partial charge in [0, 0.05) is 32.7 Å². The number of hydrogen-bond acceptors (Lipinski definition) is 5. The zero-order valence-corrected chi connectivity index (χ0v) is 16.4. The summed E-state index contributed by atoms with van der Waals surface area (Å²) in [7, 11) is 1.54. The van der Waals surface area contributed by atoms with Gasteiger partial charge in [-0.25, -0.2) is 0 Å². The van der Waals surface area contributed by atoms with Crippen LogP contribution in [0.2, 0.25) is 0 Å². The highest BCUT2D eigenvalue weighted by atomic mass is 35.5.